The highest BCUT2D eigenvalue weighted by molar-refractivity contribution is 6.08. The zero-order chi connectivity index (χ0) is 23.0. The molecule has 4 rings (SSSR count). The number of rotatable bonds is 5. The van der Waals surface area contributed by atoms with Gasteiger partial charge < -0.3 is 5.32 Å². The fourth-order valence-corrected chi connectivity index (χ4v) is 3.98. The number of benzene rings is 1. The second-order valence-corrected chi connectivity index (χ2v) is 8.59. The zero-order valence-electron chi connectivity index (χ0n) is 19.0. The van der Waals surface area contributed by atoms with Crippen LogP contribution in [0.2, 0.25) is 0 Å². The van der Waals surface area contributed by atoms with Crippen molar-refractivity contribution in [3.05, 3.63) is 59.3 Å². The summed E-state index contributed by atoms with van der Waals surface area (Å²) >= 11 is 0. The summed E-state index contributed by atoms with van der Waals surface area (Å²) in [5.41, 5.74) is 5.49. The minimum absolute atomic E-state index is 0.0948. The third-order valence-electron chi connectivity index (χ3n) is 5.65. The number of hydrogen-bond donors (Lipinski definition) is 1. The Morgan fingerprint density at radius 1 is 1.19 bits per heavy atom. The molecule has 1 aromatic carbocycles. The van der Waals surface area contributed by atoms with Crippen LogP contribution in [-0.4, -0.2) is 38.8 Å². The van der Waals surface area contributed by atoms with E-state index < -0.39 is 5.92 Å². The molecule has 3 heterocycles. The molecule has 0 saturated heterocycles. The van der Waals surface area contributed by atoms with Gasteiger partial charge in [0.1, 0.15) is 0 Å². The molecule has 0 aliphatic carbocycles. The molecule has 7 heteroatoms. The van der Waals surface area contributed by atoms with Crippen molar-refractivity contribution in [1.29, 1.82) is 0 Å². The predicted octanol–water partition coefficient (Wildman–Crippen LogP) is 4.28. The molecular weight excluding hydrogens is 402 g/mol. The first-order chi connectivity index (χ1) is 15.2. The molecule has 7 nitrogen and oxygen atoms in total. The van der Waals surface area contributed by atoms with Gasteiger partial charge in [-0.15, -0.1) is 0 Å². The van der Waals surface area contributed by atoms with E-state index in [9.17, 15) is 9.59 Å². The SMILES string of the molecule is CC1=CC(C)=NC(=O)C1CNC(=O)c1cc(-c2cccc(C)c2)nc2c1cnn2C(C)C. The zero-order valence-corrected chi connectivity index (χ0v) is 19.0. The number of allylic oxidation sites excluding steroid dienone is 1. The van der Waals surface area contributed by atoms with E-state index in [2.05, 4.69) is 15.4 Å². The van der Waals surface area contributed by atoms with Crippen molar-refractivity contribution in [2.45, 2.75) is 40.7 Å². The highest BCUT2D eigenvalue weighted by Crippen LogP contribution is 2.27. The average Bonchev–Trinajstić information content (AvgIpc) is 3.16. The van der Waals surface area contributed by atoms with Crippen LogP contribution in [0.4, 0.5) is 0 Å². The van der Waals surface area contributed by atoms with Crippen LogP contribution in [-0.2, 0) is 4.79 Å². The molecule has 1 aliphatic heterocycles. The number of hydrogen-bond acceptors (Lipinski definition) is 4. The molecule has 0 bridgehead atoms. The lowest BCUT2D eigenvalue weighted by Crippen LogP contribution is -2.34. The van der Waals surface area contributed by atoms with E-state index in [0.29, 0.717) is 28.0 Å². The normalized spacial score (nSPS) is 16.3. The van der Waals surface area contributed by atoms with E-state index in [1.165, 1.54) is 0 Å². The molecule has 0 fully saturated rings. The van der Waals surface area contributed by atoms with E-state index in [0.717, 1.165) is 16.7 Å². The van der Waals surface area contributed by atoms with E-state index >= 15 is 0 Å². The summed E-state index contributed by atoms with van der Waals surface area (Å²) < 4.78 is 1.82. The van der Waals surface area contributed by atoms with Crippen LogP contribution >= 0.6 is 0 Å². The maximum Gasteiger partial charge on any atom is 0.254 e. The number of aliphatic imine (C=N–C) groups is 1. The van der Waals surface area contributed by atoms with Crippen molar-refractivity contribution in [3.63, 3.8) is 0 Å². The topological polar surface area (TPSA) is 89.2 Å². The number of aromatic nitrogens is 3. The van der Waals surface area contributed by atoms with Crippen LogP contribution in [0.25, 0.3) is 22.3 Å². The Morgan fingerprint density at radius 2 is 1.97 bits per heavy atom. The molecule has 3 aromatic rings. The van der Waals surface area contributed by atoms with Crippen molar-refractivity contribution in [3.8, 4) is 11.3 Å². The second kappa shape index (κ2) is 8.49. The number of carbonyl (C=O) groups is 2. The van der Waals surface area contributed by atoms with Gasteiger partial charge in [0.25, 0.3) is 11.8 Å². The van der Waals surface area contributed by atoms with Gasteiger partial charge in [-0.1, -0.05) is 29.3 Å². The molecule has 2 aromatic heterocycles. The second-order valence-electron chi connectivity index (χ2n) is 8.59. The molecule has 1 N–H and O–H groups in total. The van der Waals surface area contributed by atoms with Crippen molar-refractivity contribution in [1.82, 2.24) is 20.1 Å². The summed E-state index contributed by atoms with van der Waals surface area (Å²) in [5.74, 6) is -0.938. The first-order valence-electron chi connectivity index (χ1n) is 10.8. The van der Waals surface area contributed by atoms with Crippen LogP contribution in [0.5, 0.6) is 0 Å². The van der Waals surface area contributed by atoms with Crippen molar-refractivity contribution in [2.75, 3.05) is 6.54 Å². The summed E-state index contributed by atoms with van der Waals surface area (Å²) in [6, 6.07) is 9.91. The number of pyridine rings is 1. The van der Waals surface area contributed by atoms with E-state index in [1.807, 2.05) is 62.7 Å². The van der Waals surface area contributed by atoms with Crippen LogP contribution in [0.3, 0.4) is 0 Å². The molecule has 0 radical (unpaired) electrons. The Bertz CT molecular complexity index is 1280. The van der Waals surface area contributed by atoms with Gasteiger partial charge in [0.2, 0.25) is 0 Å². The lowest BCUT2D eigenvalue weighted by Gasteiger charge is -2.19. The van der Waals surface area contributed by atoms with Crippen LogP contribution < -0.4 is 5.32 Å². The first-order valence-corrected chi connectivity index (χ1v) is 10.8. The van der Waals surface area contributed by atoms with Crippen molar-refractivity contribution in [2.24, 2.45) is 10.9 Å². The van der Waals surface area contributed by atoms with E-state index in [4.69, 9.17) is 4.98 Å². The molecule has 1 atom stereocenters. The summed E-state index contributed by atoms with van der Waals surface area (Å²) in [5, 5.41) is 8.08. The molecule has 1 aliphatic rings. The first kappa shape index (κ1) is 21.6. The summed E-state index contributed by atoms with van der Waals surface area (Å²) in [6.45, 7) is 9.95. The number of aryl methyl sites for hydroxylation is 1. The number of dihydropyridines is 1. The Hall–Kier alpha value is -3.61. The van der Waals surface area contributed by atoms with Gasteiger partial charge in [-0.05, 0) is 52.8 Å². The summed E-state index contributed by atoms with van der Waals surface area (Å²) in [6.07, 6.45) is 3.56. The van der Waals surface area contributed by atoms with Crippen LogP contribution in [0, 0.1) is 12.8 Å². The van der Waals surface area contributed by atoms with Gasteiger partial charge in [0.05, 0.1) is 28.8 Å². The fourth-order valence-electron chi connectivity index (χ4n) is 3.98. The number of nitrogens with zero attached hydrogens (tertiary/aromatic N) is 4. The van der Waals surface area contributed by atoms with Crippen molar-refractivity contribution < 1.29 is 9.59 Å². The lowest BCUT2D eigenvalue weighted by molar-refractivity contribution is -0.120. The van der Waals surface area contributed by atoms with Crippen LogP contribution in [0.1, 0.15) is 49.7 Å². The number of fused-ring (bicyclic) bond motifs is 1. The number of amides is 2. The third-order valence-corrected chi connectivity index (χ3v) is 5.65. The Morgan fingerprint density at radius 3 is 2.66 bits per heavy atom. The molecule has 2 amide bonds. The quantitative estimate of drug-likeness (QED) is 0.655. The van der Waals surface area contributed by atoms with E-state index in [-0.39, 0.29) is 24.4 Å². The van der Waals surface area contributed by atoms with Gasteiger partial charge in [0, 0.05) is 23.9 Å². The van der Waals surface area contributed by atoms with Gasteiger partial charge in [-0.3, -0.25) is 9.59 Å². The van der Waals surface area contributed by atoms with E-state index in [1.54, 1.807) is 19.2 Å². The smallest absolute Gasteiger partial charge is 0.254 e. The summed E-state index contributed by atoms with van der Waals surface area (Å²) in [7, 11) is 0. The molecular formula is C25H27N5O2. The van der Waals surface area contributed by atoms with Crippen molar-refractivity contribution >= 4 is 28.6 Å². The van der Waals surface area contributed by atoms with Gasteiger partial charge in [-0.2, -0.15) is 5.10 Å². The Labute approximate surface area is 187 Å². The maximum atomic E-state index is 13.3. The third kappa shape index (κ3) is 4.10. The minimum Gasteiger partial charge on any atom is -0.351 e. The van der Waals surface area contributed by atoms with Gasteiger partial charge in [-0.25, -0.2) is 14.7 Å². The highest BCUT2D eigenvalue weighted by atomic mass is 16.2. The Kier molecular flexibility index (Phi) is 5.74. The molecule has 164 valence electrons. The average molecular weight is 430 g/mol. The van der Waals surface area contributed by atoms with Gasteiger partial charge in [0.15, 0.2) is 5.65 Å². The standard InChI is InChI=1S/C25H27N5O2/c1-14(2)30-23-21(13-27-30)19(11-22(29-23)18-8-6-7-15(3)9-18)24(31)26-12-20-16(4)10-17(5)28-25(20)32/h6-11,13-14,20H,12H2,1-5H3,(H,26,31). The number of carbonyl (C=O) groups excluding carboxylic acids is 2. The molecule has 0 spiro atoms. The fraction of sp³-hybridized carbons (Fsp3) is 0.320. The summed E-state index contributed by atoms with van der Waals surface area (Å²) in [4.78, 5) is 34.4. The number of nitrogens with one attached hydrogen (secondary N) is 1. The maximum absolute atomic E-state index is 13.3. The molecule has 32 heavy (non-hydrogen) atoms. The molecule has 1 unspecified atom stereocenters. The predicted molar refractivity (Wildman–Crippen MR) is 126 cm³/mol. The monoisotopic (exact) mass is 429 g/mol. The highest BCUT2D eigenvalue weighted by Gasteiger charge is 2.25. The minimum atomic E-state index is -0.449. The Balaban J connectivity index is 1.72. The van der Waals surface area contributed by atoms with Crippen LogP contribution in [0.15, 0.2) is 53.2 Å². The van der Waals surface area contributed by atoms with Gasteiger partial charge >= 0.3 is 0 Å². The lowest BCUT2D eigenvalue weighted by atomic mass is 9.95. The largest absolute Gasteiger partial charge is 0.351 e. The molecule has 0 saturated carbocycles.